The summed E-state index contributed by atoms with van der Waals surface area (Å²) in [6.07, 6.45) is 2.56. The number of amides is 2. The predicted molar refractivity (Wildman–Crippen MR) is 124 cm³/mol. The topological polar surface area (TPSA) is 59.0 Å². The Bertz CT molecular complexity index is 1070. The van der Waals surface area contributed by atoms with Crippen LogP contribution in [0.3, 0.4) is 0 Å². The third-order valence-corrected chi connectivity index (χ3v) is 5.31. The lowest BCUT2D eigenvalue weighted by Gasteiger charge is -2.20. The zero-order valence-corrected chi connectivity index (χ0v) is 17.5. The molecule has 5 heteroatoms. The standard InChI is InChI=1S/C26H26N4O/c1-30-24(17-19-28-30)21-14-12-20(13-15-21)16-18-27-26(31)29-25(22-8-4-2-5-9-22)23-10-6-3-7-11-23/h2-15,17,19,25H,16,18H2,1H3,(H2,27,29,31). The minimum absolute atomic E-state index is 0.177. The molecule has 0 aliphatic carbocycles. The summed E-state index contributed by atoms with van der Waals surface area (Å²) in [7, 11) is 1.93. The maximum absolute atomic E-state index is 12.6. The van der Waals surface area contributed by atoms with E-state index in [1.165, 1.54) is 5.56 Å². The summed E-state index contributed by atoms with van der Waals surface area (Å²) >= 11 is 0. The number of carbonyl (C=O) groups is 1. The third kappa shape index (κ3) is 5.20. The largest absolute Gasteiger partial charge is 0.338 e. The minimum Gasteiger partial charge on any atom is -0.338 e. The molecule has 0 atom stereocenters. The highest BCUT2D eigenvalue weighted by Crippen LogP contribution is 2.22. The fraction of sp³-hybridized carbons (Fsp3) is 0.154. The van der Waals surface area contributed by atoms with Crippen molar-refractivity contribution in [3.05, 3.63) is 114 Å². The van der Waals surface area contributed by atoms with E-state index in [1.54, 1.807) is 6.20 Å². The van der Waals surface area contributed by atoms with Crippen LogP contribution in [0.25, 0.3) is 11.3 Å². The summed E-state index contributed by atoms with van der Waals surface area (Å²) in [6.45, 7) is 0.563. The van der Waals surface area contributed by atoms with Crippen molar-refractivity contribution in [3.8, 4) is 11.3 Å². The number of benzene rings is 3. The molecular weight excluding hydrogens is 384 g/mol. The molecule has 0 fully saturated rings. The van der Waals surface area contributed by atoms with Crippen LogP contribution in [0, 0.1) is 0 Å². The number of carbonyl (C=O) groups excluding carboxylic acids is 1. The number of aromatic nitrogens is 2. The lowest BCUT2D eigenvalue weighted by molar-refractivity contribution is 0.239. The number of hydrogen-bond acceptors (Lipinski definition) is 2. The maximum Gasteiger partial charge on any atom is 0.315 e. The molecule has 0 aliphatic rings. The first-order chi connectivity index (χ1) is 15.2. The van der Waals surface area contributed by atoms with Crippen molar-refractivity contribution in [1.29, 1.82) is 0 Å². The average Bonchev–Trinajstić information content (AvgIpc) is 3.25. The lowest BCUT2D eigenvalue weighted by atomic mass is 9.99. The molecule has 156 valence electrons. The highest BCUT2D eigenvalue weighted by Gasteiger charge is 2.16. The molecule has 2 N–H and O–H groups in total. The fourth-order valence-electron chi connectivity index (χ4n) is 3.65. The predicted octanol–water partition coefficient (Wildman–Crippen LogP) is 4.72. The van der Waals surface area contributed by atoms with Crippen molar-refractivity contribution in [2.45, 2.75) is 12.5 Å². The summed E-state index contributed by atoms with van der Waals surface area (Å²) in [5.74, 6) is 0. The molecule has 0 radical (unpaired) electrons. The SMILES string of the molecule is Cn1nccc1-c1ccc(CCNC(=O)NC(c2ccccc2)c2ccccc2)cc1. The van der Waals surface area contributed by atoms with Gasteiger partial charge in [0, 0.05) is 19.8 Å². The Morgan fingerprint density at radius 1 is 0.871 bits per heavy atom. The second-order valence-electron chi connectivity index (χ2n) is 7.44. The van der Waals surface area contributed by atoms with Gasteiger partial charge < -0.3 is 10.6 Å². The molecule has 4 aromatic rings. The van der Waals surface area contributed by atoms with Crippen LogP contribution >= 0.6 is 0 Å². The Hall–Kier alpha value is -3.86. The molecule has 3 aromatic carbocycles. The van der Waals surface area contributed by atoms with Gasteiger partial charge in [-0.2, -0.15) is 5.10 Å². The lowest BCUT2D eigenvalue weighted by Crippen LogP contribution is -2.39. The molecule has 5 nitrogen and oxygen atoms in total. The molecule has 1 aromatic heterocycles. The van der Waals surface area contributed by atoms with Gasteiger partial charge in [0.1, 0.15) is 0 Å². The molecule has 31 heavy (non-hydrogen) atoms. The first-order valence-corrected chi connectivity index (χ1v) is 10.4. The van der Waals surface area contributed by atoms with Gasteiger partial charge in [-0.15, -0.1) is 0 Å². The van der Waals surface area contributed by atoms with Crippen LogP contribution in [0.15, 0.2) is 97.2 Å². The Labute approximate surface area is 182 Å². The molecule has 0 bridgehead atoms. The number of urea groups is 1. The monoisotopic (exact) mass is 410 g/mol. The molecule has 2 amide bonds. The van der Waals surface area contributed by atoms with E-state index >= 15 is 0 Å². The number of aryl methyl sites for hydroxylation is 1. The zero-order valence-electron chi connectivity index (χ0n) is 17.5. The Morgan fingerprint density at radius 3 is 2.03 bits per heavy atom. The first-order valence-electron chi connectivity index (χ1n) is 10.4. The van der Waals surface area contributed by atoms with Crippen molar-refractivity contribution >= 4 is 6.03 Å². The van der Waals surface area contributed by atoms with Gasteiger partial charge in [0.2, 0.25) is 0 Å². The molecule has 0 saturated heterocycles. The Kier molecular flexibility index (Phi) is 6.43. The quantitative estimate of drug-likeness (QED) is 0.463. The molecule has 1 heterocycles. The highest BCUT2D eigenvalue weighted by atomic mass is 16.2. The van der Waals surface area contributed by atoms with E-state index in [2.05, 4.69) is 40.0 Å². The molecule has 0 aliphatic heterocycles. The summed E-state index contributed by atoms with van der Waals surface area (Å²) in [4.78, 5) is 12.6. The first kappa shape index (κ1) is 20.4. The van der Waals surface area contributed by atoms with Gasteiger partial charge in [-0.3, -0.25) is 4.68 Å². The van der Waals surface area contributed by atoms with E-state index in [0.717, 1.165) is 28.8 Å². The van der Waals surface area contributed by atoms with Crippen LogP contribution in [0.5, 0.6) is 0 Å². The number of rotatable bonds is 7. The van der Waals surface area contributed by atoms with Crippen LogP contribution in [0.4, 0.5) is 4.79 Å². The second-order valence-corrected chi connectivity index (χ2v) is 7.44. The van der Waals surface area contributed by atoms with Crippen molar-refractivity contribution in [2.75, 3.05) is 6.54 Å². The smallest absolute Gasteiger partial charge is 0.315 e. The summed E-state index contributed by atoms with van der Waals surface area (Å²) in [6, 6.07) is 30.0. The molecule has 0 saturated carbocycles. The normalized spacial score (nSPS) is 10.8. The van der Waals surface area contributed by atoms with Gasteiger partial charge in [-0.25, -0.2) is 4.79 Å². The van der Waals surface area contributed by atoms with Gasteiger partial charge in [-0.1, -0.05) is 84.9 Å². The summed E-state index contributed by atoms with van der Waals surface area (Å²) in [5.41, 5.74) is 5.48. The molecule has 0 unspecified atom stereocenters. The third-order valence-electron chi connectivity index (χ3n) is 5.31. The molecular formula is C26H26N4O. The van der Waals surface area contributed by atoms with E-state index < -0.39 is 0 Å². The van der Waals surface area contributed by atoms with Crippen LogP contribution < -0.4 is 10.6 Å². The Balaban J connectivity index is 1.34. The van der Waals surface area contributed by atoms with E-state index in [9.17, 15) is 4.79 Å². The van der Waals surface area contributed by atoms with E-state index in [4.69, 9.17) is 0 Å². The number of nitrogens with zero attached hydrogens (tertiary/aromatic N) is 2. The van der Waals surface area contributed by atoms with Crippen molar-refractivity contribution < 1.29 is 4.79 Å². The Morgan fingerprint density at radius 2 is 1.48 bits per heavy atom. The fourth-order valence-corrected chi connectivity index (χ4v) is 3.65. The maximum atomic E-state index is 12.6. The van der Waals surface area contributed by atoms with Crippen molar-refractivity contribution in [1.82, 2.24) is 20.4 Å². The van der Waals surface area contributed by atoms with Crippen molar-refractivity contribution in [3.63, 3.8) is 0 Å². The van der Waals surface area contributed by atoms with E-state index in [0.29, 0.717) is 6.54 Å². The van der Waals surface area contributed by atoms with Crippen LogP contribution in [0.2, 0.25) is 0 Å². The van der Waals surface area contributed by atoms with Gasteiger partial charge in [0.05, 0.1) is 11.7 Å². The van der Waals surface area contributed by atoms with Crippen LogP contribution in [-0.2, 0) is 13.5 Å². The molecule has 4 rings (SSSR count). The number of nitrogens with one attached hydrogen (secondary N) is 2. The minimum atomic E-state index is -0.194. The summed E-state index contributed by atoms with van der Waals surface area (Å²) < 4.78 is 1.86. The van der Waals surface area contributed by atoms with Crippen molar-refractivity contribution in [2.24, 2.45) is 7.05 Å². The molecule has 0 spiro atoms. The van der Waals surface area contributed by atoms with Gasteiger partial charge in [-0.05, 0) is 34.7 Å². The van der Waals surface area contributed by atoms with Crippen LogP contribution in [-0.4, -0.2) is 22.4 Å². The number of hydrogen-bond donors (Lipinski definition) is 2. The van der Waals surface area contributed by atoms with E-state index in [1.807, 2.05) is 78.5 Å². The highest BCUT2D eigenvalue weighted by molar-refractivity contribution is 5.75. The van der Waals surface area contributed by atoms with E-state index in [-0.39, 0.29) is 12.1 Å². The zero-order chi connectivity index (χ0) is 21.5. The van der Waals surface area contributed by atoms with Gasteiger partial charge in [0.15, 0.2) is 0 Å². The van der Waals surface area contributed by atoms with Gasteiger partial charge >= 0.3 is 6.03 Å². The summed E-state index contributed by atoms with van der Waals surface area (Å²) in [5, 5.41) is 10.3. The van der Waals surface area contributed by atoms with Crippen LogP contribution in [0.1, 0.15) is 22.7 Å². The second kappa shape index (κ2) is 9.76. The average molecular weight is 411 g/mol. The van der Waals surface area contributed by atoms with Gasteiger partial charge in [0.25, 0.3) is 0 Å².